The van der Waals surface area contributed by atoms with Crippen molar-refractivity contribution < 1.29 is 24.6 Å². The summed E-state index contributed by atoms with van der Waals surface area (Å²) in [7, 11) is 0. The molecule has 0 saturated heterocycles. The zero-order valence-corrected chi connectivity index (χ0v) is 26.2. The molecule has 2 amide bonds. The lowest BCUT2D eigenvalue weighted by Gasteiger charge is -2.48. The van der Waals surface area contributed by atoms with Gasteiger partial charge in [0.1, 0.15) is 0 Å². The van der Waals surface area contributed by atoms with Gasteiger partial charge in [-0.3, -0.25) is 14.4 Å². The van der Waals surface area contributed by atoms with Crippen molar-refractivity contribution in [2.24, 2.45) is 5.92 Å². The van der Waals surface area contributed by atoms with Crippen molar-refractivity contribution >= 4 is 41.0 Å². The highest BCUT2D eigenvalue weighted by atomic mass is 35.5. The Morgan fingerprint density at radius 2 is 1.68 bits per heavy atom. The smallest absolute Gasteiger partial charge is 0.306 e. The van der Waals surface area contributed by atoms with E-state index in [1.165, 1.54) is 0 Å². The number of aryl methyl sites for hydroxylation is 1. The Kier molecular flexibility index (Phi) is 10.3. The van der Waals surface area contributed by atoms with Gasteiger partial charge in [-0.1, -0.05) is 91.5 Å². The van der Waals surface area contributed by atoms with Gasteiger partial charge in [0, 0.05) is 22.2 Å². The Balaban J connectivity index is 1.43. The van der Waals surface area contributed by atoms with E-state index in [4.69, 9.17) is 23.2 Å². The number of aliphatic hydroxyl groups excluding tert-OH is 1. The third kappa shape index (κ3) is 6.96. The second kappa shape index (κ2) is 14.1. The number of rotatable bonds is 10. The van der Waals surface area contributed by atoms with Crippen LogP contribution in [0.3, 0.4) is 0 Å². The van der Waals surface area contributed by atoms with Gasteiger partial charge in [-0.15, -0.1) is 0 Å². The van der Waals surface area contributed by atoms with E-state index in [1.54, 1.807) is 42.2 Å². The van der Waals surface area contributed by atoms with Crippen LogP contribution in [0.1, 0.15) is 83.6 Å². The Bertz CT molecular complexity index is 1530. The highest BCUT2D eigenvalue weighted by Gasteiger charge is 2.48. The summed E-state index contributed by atoms with van der Waals surface area (Å²) in [5, 5.41) is 24.2. The Labute approximate surface area is 268 Å². The molecule has 0 radical (unpaired) electrons. The number of hydrogen-bond donors (Lipinski definition) is 3. The third-order valence-corrected chi connectivity index (χ3v) is 9.55. The van der Waals surface area contributed by atoms with Crippen LogP contribution in [-0.4, -0.2) is 51.6 Å². The van der Waals surface area contributed by atoms with Crippen LogP contribution in [0.15, 0.2) is 66.7 Å². The second-order valence-electron chi connectivity index (χ2n) is 11.9. The van der Waals surface area contributed by atoms with E-state index in [0.29, 0.717) is 65.4 Å². The Morgan fingerprint density at radius 3 is 2.41 bits per heavy atom. The number of fused-ring (bicyclic) bond motifs is 1. The molecule has 1 saturated carbocycles. The molecule has 44 heavy (non-hydrogen) atoms. The molecule has 232 valence electrons. The first-order valence-corrected chi connectivity index (χ1v) is 16.0. The van der Waals surface area contributed by atoms with Crippen molar-refractivity contribution in [2.45, 2.75) is 76.0 Å². The first-order chi connectivity index (χ1) is 21.2. The fraction of sp³-hybridized carbons (Fsp3) is 0.400. The first kappa shape index (κ1) is 32.0. The van der Waals surface area contributed by atoms with E-state index in [0.717, 1.165) is 24.0 Å². The summed E-state index contributed by atoms with van der Waals surface area (Å²) in [6.45, 7) is 2.08. The summed E-state index contributed by atoms with van der Waals surface area (Å²) in [4.78, 5) is 41.2. The van der Waals surface area contributed by atoms with Gasteiger partial charge >= 0.3 is 5.97 Å². The fourth-order valence-electron chi connectivity index (χ4n) is 6.57. The van der Waals surface area contributed by atoms with Crippen LogP contribution >= 0.6 is 23.2 Å². The third-order valence-electron chi connectivity index (χ3n) is 8.98. The van der Waals surface area contributed by atoms with Gasteiger partial charge in [-0.2, -0.15) is 0 Å². The standard InChI is InChI=1S/C35H38Cl2N2O5/c1-21(35(43)44)13-14-22-7-6-8-23(19-22)17-18-38-33(41)31-25-9-2-3-10-26(25)34(42)39(29-11-4-5-12-30(29)40)32(31)27-16-15-24(36)20-28(27)37/h2-3,6-10,15-16,19-21,29-32,40H,4-5,11-14,17-18H2,1H3,(H,38,41)(H,43,44)/t21-,29?,30?,31?,32?/m1/s1. The molecule has 0 bridgehead atoms. The molecule has 0 spiro atoms. The second-order valence-corrected chi connectivity index (χ2v) is 12.8. The molecule has 9 heteroatoms. The van der Waals surface area contributed by atoms with E-state index < -0.39 is 36.0 Å². The molecule has 2 aliphatic rings. The number of hydrogen-bond acceptors (Lipinski definition) is 4. The summed E-state index contributed by atoms with van der Waals surface area (Å²) in [5.74, 6) is -2.44. The van der Waals surface area contributed by atoms with E-state index in [9.17, 15) is 24.6 Å². The van der Waals surface area contributed by atoms with Crippen LogP contribution < -0.4 is 5.32 Å². The van der Waals surface area contributed by atoms with Crippen molar-refractivity contribution in [1.82, 2.24) is 10.2 Å². The average Bonchev–Trinajstić information content (AvgIpc) is 3.00. The fourth-order valence-corrected chi connectivity index (χ4v) is 7.10. The lowest BCUT2D eigenvalue weighted by Crippen LogP contribution is -2.55. The van der Waals surface area contributed by atoms with E-state index in [1.807, 2.05) is 30.3 Å². The maximum absolute atomic E-state index is 14.2. The lowest BCUT2D eigenvalue weighted by atomic mass is 9.76. The van der Waals surface area contributed by atoms with E-state index in [2.05, 4.69) is 11.4 Å². The zero-order chi connectivity index (χ0) is 31.4. The van der Waals surface area contributed by atoms with Crippen molar-refractivity contribution in [3.63, 3.8) is 0 Å². The van der Waals surface area contributed by atoms with Gasteiger partial charge in [0.05, 0.1) is 30.0 Å². The number of carboxylic acids is 1. The normalized spacial score (nSPS) is 22.3. The molecule has 4 unspecified atom stereocenters. The molecule has 3 aromatic rings. The van der Waals surface area contributed by atoms with Crippen LogP contribution in [0.2, 0.25) is 10.0 Å². The van der Waals surface area contributed by atoms with E-state index in [-0.39, 0.29) is 11.8 Å². The van der Waals surface area contributed by atoms with Crippen LogP contribution in [0.4, 0.5) is 0 Å². The van der Waals surface area contributed by atoms with Crippen molar-refractivity contribution in [3.8, 4) is 0 Å². The van der Waals surface area contributed by atoms with Crippen molar-refractivity contribution in [1.29, 1.82) is 0 Å². The number of amides is 2. The number of carbonyl (C=O) groups is 3. The number of nitrogens with one attached hydrogen (secondary N) is 1. The predicted molar refractivity (Wildman–Crippen MR) is 171 cm³/mol. The largest absolute Gasteiger partial charge is 0.481 e. The van der Waals surface area contributed by atoms with Crippen molar-refractivity contribution in [2.75, 3.05) is 6.54 Å². The number of aliphatic hydroxyl groups is 1. The number of carboxylic acid groups (broad SMARTS) is 1. The first-order valence-electron chi connectivity index (χ1n) is 15.3. The van der Waals surface area contributed by atoms with Gasteiger partial charge in [0.2, 0.25) is 5.91 Å². The molecular weight excluding hydrogens is 599 g/mol. The molecule has 0 aromatic heterocycles. The summed E-state index contributed by atoms with van der Waals surface area (Å²) < 4.78 is 0. The SMILES string of the molecule is C[C@H](CCc1cccc(CCNC(=O)C2c3ccccc3C(=O)N(C3CCCCC3O)C2c2ccc(Cl)cc2Cl)c1)C(=O)O. The highest BCUT2D eigenvalue weighted by Crippen LogP contribution is 2.47. The Hall–Kier alpha value is -3.39. The van der Waals surface area contributed by atoms with Crippen LogP contribution in [0.25, 0.3) is 0 Å². The zero-order valence-electron chi connectivity index (χ0n) is 24.7. The van der Waals surface area contributed by atoms with E-state index >= 15 is 0 Å². The Morgan fingerprint density at radius 1 is 0.955 bits per heavy atom. The molecule has 1 aliphatic heterocycles. The number of nitrogens with zero attached hydrogens (tertiary/aromatic N) is 1. The molecule has 3 aromatic carbocycles. The monoisotopic (exact) mass is 636 g/mol. The number of benzene rings is 3. The summed E-state index contributed by atoms with van der Waals surface area (Å²) >= 11 is 13.0. The van der Waals surface area contributed by atoms with Gasteiger partial charge in [-0.25, -0.2) is 0 Å². The molecule has 1 aliphatic carbocycles. The minimum absolute atomic E-state index is 0.222. The predicted octanol–water partition coefficient (Wildman–Crippen LogP) is 6.59. The molecule has 1 heterocycles. The number of carbonyl (C=O) groups excluding carboxylic acids is 2. The van der Waals surface area contributed by atoms with Gasteiger partial charge < -0.3 is 20.4 Å². The average molecular weight is 638 g/mol. The summed E-state index contributed by atoms with van der Waals surface area (Å²) in [6, 6.07) is 19.1. The summed E-state index contributed by atoms with van der Waals surface area (Å²) in [6.07, 6.45) is 4.06. The topological polar surface area (TPSA) is 107 Å². The van der Waals surface area contributed by atoms with Crippen LogP contribution in [-0.2, 0) is 22.4 Å². The molecule has 5 atom stereocenters. The van der Waals surface area contributed by atoms with Gasteiger partial charge in [0.25, 0.3) is 5.91 Å². The van der Waals surface area contributed by atoms with Crippen LogP contribution in [0, 0.1) is 5.92 Å². The minimum atomic E-state index is -0.801. The molecule has 3 N–H and O–H groups in total. The molecule has 7 nitrogen and oxygen atoms in total. The lowest BCUT2D eigenvalue weighted by molar-refractivity contribution is -0.141. The van der Waals surface area contributed by atoms with Gasteiger partial charge in [0.15, 0.2) is 0 Å². The number of halogens is 2. The quantitative estimate of drug-likeness (QED) is 0.233. The minimum Gasteiger partial charge on any atom is -0.481 e. The maximum atomic E-state index is 14.2. The summed E-state index contributed by atoms with van der Waals surface area (Å²) in [5.41, 5.74) is 3.78. The van der Waals surface area contributed by atoms with Crippen LogP contribution in [0.5, 0.6) is 0 Å². The number of aliphatic carboxylic acids is 1. The molecule has 1 fully saturated rings. The highest BCUT2D eigenvalue weighted by molar-refractivity contribution is 6.35. The van der Waals surface area contributed by atoms with Crippen molar-refractivity contribution in [3.05, 3.63) is 105 Å². The maximum Gasteiger partial charge on any atom is 0.306 e. The van der Waals surface area contributed by atoms with Gasteiger partial charge in [-0.05, 0) is 72.6 Å². The molecule has 5 rings (SSSR count). The molecular formula is C35H38Cl2N2O5.